The van der Waals surface area contributed by atoms with E-state index >= 15 is 0 Å². The van der Waals surface area contributed by atoms with Gasteiger partial charge in [-0.1, -0.05) is 6.92 Å². The number of hydrogen-bond donors (Lipinski definition) is 0. The number of rotatable bonds is 8. The Morgan fingerprint density at radius 3 is 2.58 bits per heavy atom. The molecule has 0 saturated heterocycles. The van der Waals surface area contributed by atoms with E-state index in [-0.39, 0.29) is 12.7 Å². The van der Waals surface area contributed by atoms with Crippen molar-refractivity contribution >= 4 is 12.6 Å². The molecule has 0 radical (unpaired) electrons. The Kier molecular flexibility index (Phi) is 7.91. The van der Waals surface area contributed by atoms with Gasteiger partial charge in [0.25, 0.3) is 0 Å². The normalized spacial score (nSPS) is 12.4. The second-order valence-corrected chi connectivity index (χ2v) is 2.63. The van der Waals surface area contributed by atoms with Crippen LogP contribution in [0.25, 0.3) is 0 Å². The highest BCUT2D eigenvalue weighted by Gasteiger charge is 2.04. The molecule has 3 heteroatoms. The molecule has 0 amide bonds. The van der Waals surface area contributed by atoms with Gasteiger partial charge in [0.2, 0.25) is 0 Å². The lowest BCUT2D eigenvalue weighted by atomic mass is 10.1. The van der Waals surface area contributed by atoms with Crippen molar-refractivity contribution in [3.05, 3.63) is 0 Å². The summed E-state index contributed by atoms with van der Waals surface area (Å²) in [6.07, 6.45) is 4.99. The summed E-state index contributed by atoms with van der Waals surface area (Å²) in [5.41, 5.74) is 0. The molecule has 0 fully saturated rings. The minimum atomic E-state index is 0.134. The molecule has 0 saturated carbocycles. The molecule has 70 valence electrons. The topological polar surface area (TPSA) is 43.4 Å². The molecular formula is C9H16O3. The summed E-state index contributed by atoms with van der Waals surface area (Å²) in [7, 11) is 0. The summed E-state index contributed by atoms with van der Waals surface area (Å²) < 4.78 is 5.20. The summed E-state index contributed by atoms with van der Waals surface area (Å²) in [5.74, 6) is 0. The molecular weight excluding hydrogens is 156 g/mol. The van der Waals surface area contributed by atoms with Gasteiger partial charge in [-0.15, -0.1) is 0 Å². The fourth-order valence-electron chi connectivity index (χ4n) is 1.01. The van der Waals surface area contributed by atoms with E-state index < -0.39 is 0 Å². The van der Waals surface area contributed by atoms with E-state index in [9.17, 15) is 9.59 Å². The molecule has 0 aromatic carbocycles. The summed E-state index contributed by atoms with van der Waals surface area (Å²) >= 11 is 0. The second kappa shape index (κ2) is 8.40. The minimum absolute atomic E-state index is 0.134. The Balaban J connectivity index is 3.38. The lowest BCUT2D eigenvalue weighted by molar-refractivity contribution is -0.114. The van der Waals surface area contributed by atoms with Crippen molar-refractivity contribution in [2.45, 2.75) is 38.7 Å². The van der Waals surface area contributed by atoms with Crippen molar-refractivity contribution in [1.82, 2.24) is 0 Å². The zero-order chi connectivity index (χ0) is 9.23. The maximum atomic E-state index is 9.99. The lowest BCUT2D eigenvalue weighted by Gasteiger charge is -2.12. The van der Waals surface area contributed by atoms with Crippen molar-refractivity contribution in [3.63, 3.8) is 0 Å². The average Bonchev–Trinajstić information content (AvgIpc) is 2.11. The monoisotopic (exact) mass is 172 g/mol. The van der Waals surface area contributed by atoms with Gasteiger partial charge in [-0.25, -0.2) is 0 Å². The molecule has 0 aliphatic carbocycles. The molecule has 0 aromatic heterocycles. The third-order valence-electron chi connectivity index (χ3n) is 1.70. The molecule has 0 bridgehead atoms. The van der Waals surface area contributed by atoms with Gasteiger partial charge in [0, 0.05) is 6.42 Å². The van der Waals surface area contributed by atoms with Crippen LogP contribution in [0.5, 0.6) is 0 Å². The SMILES string of the molecule is CCC(CCCC=O)OCC=O. The molecule has 12 heavy (non-hydrogen) atoms. The maximum absolute atomic E-state index is 9.99. The van der Waals surface area contributed by atoms with Crippen molar-refractivity contribution in [3.8, 4) is 0 Å². The van der Waals surface area contributed by atoms with Crippen LogP contribution < -0.4 is 0 Å². The highest BCUT2D eigenvalue weighted by Crippen LogP contribution is 2.07. The van der Waals surface area contributed by atoms with Gasteiger partial charge in [-0.2, -0.15) is 0 Å². The predicted molar refractivity (Wildman–Crippen MR) is 46.0 cm³/mol. The van der Waals surface area contributed by atoms with Crippen LogP contribution in [0.3, 0.4) is 0 Å². The molecule has 0 aliphatic heterocycles. The van der Waals surface area contributed by atoms with E-state index in [2.05, 4.69) is 0 Å². The Morgan fingerprint density at radius 2 is 2.08 bits per heavy atom. The standard InChI is InChI=1S/C9H16O3/c1-2-9(12-8-7-11)5-3-4-6-10/h6-7,9H,2-5,8H2,1H3. The zero-order valence-corrected chi connectivity index (χ0v) is 7.49. The van der Waals surface area contributed by atoms with Gasteiger partial charge >= 0.3 is 0 Å². The van der Waals surface area contributed by atoms with E-state index in [0.717, 1.165) is 31.8 Å². The fraction of sp³-hybridized carbons (Fsp3) is 0.778. The van der Waals surface area contributed by atoms with Crippen molar-refractivity contribution in [2.75, 3.05) is 6.61 Å². The van der Waals surface area contributed by atoms with Crippen molar-refractivity contribution in [1.29, 1.82) is 0 Å². The minimum Gasteiger partial charge on any atom is -0.371 e. The largest absolute Gasteiger partial charge is 0.371 e. The number of unbranched alkanes of at least 4 members (excludes halogenated alkanes) is 1. The molecule has 0 spiro atoms. The molecule has 0 rings (SSSR count). The van der Waals surface area contributed by atoms with Crippen LogP contribution in [0.2, 0.25) is 0 Å². The van der Waals surface area contributed by atoms with E-state index in [0.29, 0.717) is 6.42 Å². The molecule has 1 unspecified atom stereocenters. The van der Waals surface area contributed by atoms with E-state index in [1.165, 1.54) is 0 Å². The van der Waals surface area contributed by atoms with Gasteiger partial charge in [0.05, 0.1) is 6.10 Å². The summed E-state index contributed by atoms with van der Waals surface area (Å²) in [6.45, 7) is 2.18. The third kappa shape index (κ3) is 6.04. The van der Waals surface area contributed by atoms with Crippen LogP contribution in [0.1, 0.15) is 32.6 Å². The quantitative estimate of drug-likeness (QED) is 0.410. The number of ether oxygens (including phenoxy) is 1. The molecule has 0 heterocycles. The van der Waals surface area contributed by atoms with Gasteiger partial charge in [-0.05, 0) is 19.3 Å². The summed E-state index contributed by atoms with van der Waals surface area (Å²) in [4.78, 5) is 20.0. The zero-order valence-electron chi connectivity index (χ0n) is 7.49. The molecule has 0 N–H and O–H groups in total. The van der Waals surface area contributed by atoms with E-state index in [1.807, 2.05) is 6.92 Å². The molecule has 0 aliphatic rings. The van der Waals surface area contributed by atoms with Crippen LogP contribution in [0.15, 0.2) is 0 Å². The highest BCUT2D eigenvalue weighted by molar-refractivity contribution is 5.50. The number of aldehydes is 2. The van der Waals surface area contributed by atoms with Gasteiger partial charge in [0.1, 0.15) is 19.2 Å². The lowest BCUT2D eigenvalue weighted by Crippen LogP contribution is -2.13. The van der Waals surface area contributed by atoms with Gasteiger partial charge < -0.3 is 14.3 Å². The van der Waals surface area contributed by atoms with Crippen molar-refractivity contribution in [2.24, 2.45) is 0 Å². The summed E-state index contributed by atoms with van der Waals surface area (Å²) in [6, 6.07) is 0. The van der Waals surface area contributed by atoms with Crippen LogP contribution in [-0.2, 0) is 14.3 Å². The fourth-order valence-corrected chi connectivity index (χ4v) is 1.01. The Labute approximate surface area is 73.1 Å². The van der Waals surface area contributed by atoms with Crippen LogP contribution in [0.4, 0.5) is 0 Å². The maximum Gasteiger partial charge on any atom is 0.145 e. The van der Waals surface area contributed by atoms with E-state index in [4.69, 9.17) is 4.74 Å². The highest BCUT2D eigenvalue weighted by atomic mass is 16.5. The van der Waals surface area contributed by atoms with Crippen LogP contribution >= 0.6 is 0 Å². The Morgan fingerprint density at radius 1 is 1.33 bits per heavy atom. The predicted octanol–water partition coefficient (Wildman–Crippen LogP) is 1.35. The molecule has 1 atom stereocenters. The number of carbonyl (C=O) groups excluding carboxylic acids is 2. The molecule has 0 aromatic rings. The number of hydrogen-bond acceptors (Lipinski definition) is 3. The van der Waals surface area contributed by atoms with E-state index in [1.54, 1.807) is 0 Å². The second-order valence-electron chi connectivity index (χ2n) is 2.63. The molecule has 3 nitrogen and oxygen atoms in total. The van der Waals surface area contributed by atoms with Crippen molar-refractivity contribution < 1.29 is 14.3 Å². The Hall–Kier alpha value is -0.700. The number of carbonyl (C=O) groups is 2. The summed E-state index contributed by atoms with van der Waals surface area (Å²) in [5, 5.41) is 0. The van der Waals surface area contributed by atoms with Crippen LogP contribution in [-0.4, -0.2) is 25.3 Å². The first-order valence-electron chi connectivity index (χ1n) is 4.34. The third-order valence-corrected chi connectivity index (χ3v) is 1.70. The first-order valence-corrected chi connectivity index (χ1v) is 4.34. The first kappa shape index (κ1) is 11.3. The van der Waals surface area contributed by atoms with Crippen LogP contribution in [0, 0.1) is 0 Å². The first-order chi connectivity index (χ1) is 5.85. The average molecular weight is 172 g/mol. The smallest absolute Gasteiger partial charge is 0.145 e. The van der Waals surface area contributed by atoms with Gasteiger partial charge in [0.15, 0.2) is 0 Å². The van der Waals surface area contributed by atoms with Gasteiger partial charge in [-0.3, -0.25) is 0 Å². The Bertz CT molecular complexity index is 123.